The number of ether oxygens (including phenoxy) is 1. The zero-order valence-corrected chi connectivity index (χ0v) is 10.2. The lowest BCUT2D eigenvalue weighted by molar-refractivity contribution is -0.142. The van der Waals surface area contributed by atoms with Crippen LogP contribution in [-0.4, -0.2) is 19.1 Å². The molecule has 0 bridgehead atoms. The van der Waals surface area contributed by atoms with Crippen LogP contribution in [0.1, 0.15) is 23.6 Å². The molecule has 1 N–H and O–H groups in total. The average molecular weight is 227 g/mol. The molecule has 0 fully saturated rings. The smallest absolute Gasteiger partial charge is 0.322 e. The van der Waals surface area contributed by atoms with Crippen molar-refractivity contribution in [3.05, 3.63) is 21.9 Å². The number of methoxy groups -OCH3 is 1. The summed E-state index contributed by atoms with van der Waals surface area (Å²) in [5.41, 5.74) is 0. The SMILES string of the molecule is CCc1ccc(CNC(C)C(=O)OC)s1. The highest BCUT2D eigenvalue weighted by molar-refractivity contribution is 7.11. The predicted octanol–water partition coefficient (Wildman–Crippen LogP) is 1.96. The maximum atomic E-state index is 11.1. The predicted molar refractivity (Wildman–Crippen MR) is 62.0 cm³/mol. The maximum Gasteiger partial charge on any atom is 0.322 e. The number of carbonyl (C=O) groups excluding carboxylic acids is 1. The van der Waals surface area contributed by atoms with Crippen molar-refractivity contribution in [2.24, 2.45) is 0 Å². The summed E-state index contributed by atoms with van der Waals surface area (Å²) in [4.78, 5) is 13.7. The van der Waals surface area contributed by atoms with Crippen molar-refractivity contribution >= 4 is 17.3 Å². The van der Waals surface area contributed by atoms with E-state index in [-0.39, 0.29) is 12.0 Å². The van der Waals surface area contributed by atoms with Gasteiger partial charge in [0.15, 0.2) is 0 Å². The van der Waals surface area contributed by atoms with Crippen molar-refractivity contribution < 1.29 is 9.53 Å². The minimum absolute atomic E-state index is 0.220. The van der Waals surface area contributed by atoms with E-state index in [1.165, 1.54) is 16.9 Å². The maximum absolute atomic E-state index is 11.1. The number of rotatable bonds is 5. The Morgan fingerprint density at radius 3 is 2.73 bits per heavy atom. The molecule has 3 nitrogen and oxygen atoms in total. The Labute approximate surface area is 94.5 Å². The Balaban J connectivity index is 2.39. The lowest BCUT2D eigenvalue weighted by Crippen LogP contribution is -2.34. The van der Waals surface area contributed by atoms with Gasteiger partial charge in [0.25, 0.3) is 0 Å². The van der Waals surface area contributed by atoms with E-state index >= 15 is 0 Å². The Bertz CT molecular complexity index is 322. The Morgan fingerprint density at radius 2 is 2.20 bits per heavy atom. The molecule has 4 heteroatoms. The number of nitrogens with one attached hydrogen (secondary N) is 1. The molecule has 0 aliphatic heterocycles. The van der Waals surface area contributed by atoms with Gasteiger partial charge in [0.2, 0.25) is 0 Å². The largest absolute Gasteiger partial charge is 0.468 e. The first-order chi connectivity index (χ1) is 7.17. The van der Waals surface area contributed by atoms with Crippen molar-refractivity contribution in [1.29, 1.82) is 0 Å². The van der Waals surface area contributed by atoms with Gasteiger partial charge in [0.1, 0.15) is 6.04 Å². The second kappa shape index (κ2) is 5.88. The minimum atomic E-state index is -0.248. The summed E-state index contributed by atoms with van der Waals surface area (Å²) in [7, 11) is 1.40. The molecule has 84 valence electrons. The highest BCUT2D eigenvalue weighted by Gasteiger charge is 2.11. The molecule has 1 rings (SSSR count). The monoisotopic (exact) mass is 227 g/mol. The van der Waals surface area contributed by atoms with E-state index in [0.717, 1.165) is 13.0 Å². The molecule has 1 aromatic rings. The summed E-state index contributed by atoms with van der Waals surface area (Å²) in [6.07, 6.45) is 1.07. The topological polar surface area (TPSA) is 38.3 Å². The van der Waals surface area contributed by atoms with Crippen LogP contribution in [-0.2, 0) is 22.5 Å². The fourth-order valence-electron chi connectivity index (χ4n) is 1.22. The molecule has 0 radical (unpaired) electrons. The second-order valence-electron chi connectivity index (χ2n) is 3.35. The Morgan fingerprint density at radius 1 is 1.53 bits per heavy atom. The van der Waals surface area contributed by atoms with Crippen molar-refractivity contribution in [3.8, 4) is 0 Å². The fraction of sp³-hybridized carbons (Fsp3) is 0.545. The minimum Gasteiger partial charge on any atom is -0.468 e. The highest BCUT2D eigenvalue weighted by atomic mass is 32.1. The van der Waals surface area contributed by atoms with Crippen LogP contribution in [0.3, 0.4) is 0 Å². The fourth-order valence-corrected chi connectivity index (χ4v) is 2.13. The quantitative estimate of drug-likeness (QED) is 0.781. The van der Waals surface area contributed by atoms with Gasteiger partial charge in [-0.25, -0.2) is 0 Å². The molecule has 0 aliphatic rings. The third-order valence-corrected chi connectivity index (χ3v) is 3.43. The molecule has 0 aliphatic carbocycles. The normalized spacial score (nSPS) is 12.5. The standard InChI is InChI=1S/C11H17NO2S/c1-4-9-5-6-10(15-9)7-12-8(2)11(13)14-3/h5-6,8,12H,4,7H2,1-3H3. The van der Waals surface area contributed by atoms with Crippen molar-refractivity contribution in [2.75, 3.05) is 7.11 Å². The molecule has 0 spiro atoms. The lowest BCUT2D eigenvalue weighted by atomic mass is 10.3. The number of thiophene rings is 1. The van der Waals surface area contributed by atoms with Crippen LogP contribution in [0, 0.1) is 0 Å². The van der Waals surface area contributed by atoms with E-state index in [1.807, 2.05) is 0 Å². The zero-order valence-electron chi connectivity index (χ0n) is 9.37. The summed E-state index contributed by atoms with van der Waals surface area (Å²) in [5, 5.41) is 3.12. The highest BCUT2D eigenvalue weighted by Crippen LogP contribution is 2.16. The van der Waals surface area contributed by atoms with Gasteiger partial charge in [0, 0.05) is 16.3 Å². The van der Waals surface area contributed by atoms with Crippen LogP contribution in [0.4, 0.5) is 0 Å². The third kappa shape index (κ3) is 3.64. The van der Waals surface area contributed by atoms with Crippen LogP contribution in [0.25, 0.3) is 0 Å². The lowest BCUT2D eigenvalue weighted by Gasteiger charge is -2.09. The van der Waals surface area contributed by atoms with E-state index in [2.05, 4.69) is 29.1 Å². The summed E-state index contributed by atoms with van der Waals surface area (Å²) >= 11 is 1.78. The van der Waals surface area contributed by atoms with Gasteiger partial charge in [-0.2, -0.15) is 0 Å². The molecular formula is C11H17NO2S. The van der Waals surface area contributed by atoms with Crippen LogP contribution >= 0.6 is 11.3 Å². The third-order valence-electron chi connectivity index (χ3n) is 2.20. The molecule has 0 saturated heterocycles. The van der Waals surface area contributed by atoms with Crippen LogP contribution < -0.4 is 5.32 Å². The van der Waals surface area contributed by atoms with Gasteiger partial charge >= 0.3 is 5.97 Å². The van der Waals surface area contributed by atoms with Gasteiger partial charge in [0.05, 0.1) is 7.11 Å². The van der Waals surface area contributed by atoms with Gasteiger partial charge < -0.3 is 4.74 Å². The molecular weight excluding hydrogens is 210 g/mol. The summed E-state index contributed by atoms with van der Waals surface area (Å²) < 4.78 is 4.63. The Hall–Kier alpha value is -0.870. The first-order valence-corrected chi connectivity index (χ1v) is 5.87. The van der Waals surface area contributed by atoms with Crippen molar-refractivity contribution in [3.63, 3.8) is 0 Å². The van der Waals surface area contributed by atoms with Crippen LogP contribution in [0.5, 0.6) is 0 Å². The number of esters is 1. The van der Waals surface area contributed by atoms with Crippen LogP contribution in [0.15, 0.2) is 12.1 Å². The van der Waals surface area contributed by atoms with Crippen LogP contribution in [0.2, 0.25) is 0 Å². The van der Waals surface area contributed by atoms with E-state index in [1.54, 1.807) is 18.3 Å². The molecule has 0 saturated carbocycles. The molecule has 1 unspecified atom stereocenters. The second-order valence-corrected chi connectivity index (χ2v) is 4.60. The summed E-state index contributed by atoms with van der Waals surface area (Å²) in [5.74, 6) is -0.220. The first kappa shape index (κ1) is 12.2. The number of hydrogen-bond acceptors (Lipinski definition) is 4. The van der Waals surface area contributed by atoms with Gasteiger partial charge in [-0.3, -0.25) is 10.1 Å². The number of hydrogen-bond donors (Lipinski definition) is 1. The van der Waals surface area contributed by atoms with Gasteiger partial charge in [-0.1, -0.05) is 6.92 Å². The number of aryl methyl sites for hydroxylation is 1. The summed E-state index contributed by atoms with van der Waals surface area (Å²) in [6.45, 7) is 4.67. The van der Waals surface area contributed by atoms with E-state index in [9.17, 15) is 4.79 Å². The first-order valence-electron chi connectivity index (χ1n) is 5.06. The van der Waals surface area contributed by atoms with E-state index in [0.29, 0.717) is 0 Å². The molecule has 1 heterocycles. The zero-order chi connectivity index (χ0) is 11.3. The van der Waals surface area contributed by atoms with Gasteiger partial charge in [-0.15, -0.1) is 11.3 Å². The van der Waals surface area contributed by atoms with Crippen molar-refractivity contribution in [2.45, 2.75) is 32.9 Å². The molecule has 15 heavy (non-hydrogen) atoms. The van der Waals surface area contributed by atoms with Crippen molar-refractivity contribution in [1.82, 2.24) is 5.32 Å². The molecule has 0 aromatic carbocycles. The van der Waals surface area contributed by atoms with E-state index < -0.39 is 0 Å². The summed E-state index contributed by atoms with van der Waals surface area (Å²) in [6, 6.07) is 3.98. The molecule has 1 atom stereocenters. The van der Waals surface area contributed by atoms with E-state index in [4.69, 9.17) is 0 Å². The molecule has 0 amide bonds. The average Bonchev–Trinajstić information content (AvgIpc) is 2.72. The molecule has 1 aromatic heterocycles. The Kier molecular flexibility index (Phi) is 4.78. The number of carbonyl (C=O) groups is 1. The van der Waals surface area contributed by atoms with Gasteiger partial charge in [-0.05, 0) is 25.5 Å².